The van der Waals surface area contributed by atoms with E-state index in [0.717, 1.165) is 11.3 Å². The molecule has 1 aromatic carbocycles. The van der Waals surface area contributed by atoms with Crippen LogP contribution < -0.4 is 15.5 Å². The van der Waals surface area contributed by atoms with Crippen LogP contribution in [0.15, 0.2) is 22.9 Å². The predicted octanol–water partition coefficient (Wildman–Crippen LogP) is 2.03. The molecule has 36 heavy (non-hydrogen) atoms. The fourth-order valence-corrected chi connectivity index (χ4v) is 6.26. The number of nitrogens with one attached hydrogen (secondary N) is 2. The third-order valence-electron chi connectivity index (χ3n) is 6.77. The number of amides is 4. The Morgan fingerprint density at radius 3 is 2.53 bits per heavy atom. The van der Waals surface area contributed by atoms with Crippen LogP contribution in [0.1, 0.15) is 19.4 Å². The summed E-state index contributed by atoms with van der Waals surface area (Å²) in [5.74, 6) is -3.60. The largest absolute Gasteiger partial charge is 0.372 e. The average Bonchev–Trinajstić information content (AvgIpc) is 3.51. The zero-order valence-corrected chi connectivity index (χ0v) is 19.7. The van der Waals surface area contributed by atoms with E-state index in [-0.39, 0.29) is 34.8 Å². The van der Waals surface area contributed by atoms with E-state index in [9.17, 15) is 14.4 Å². The van der Waals surface area contributed by atoms with Crippen LogP contribution in [0.25, 0.3) is 21.3 Å². The van der Waals surface area contributed by atoms with Crippen molar-refractivity contribution in [3.8, 4) is 21.3 Å². The lowest BCUT2D eigenvalue weighted by atomic mass is 9.66. The summed E-state index contributed by atoms with van der Waals surface area (Å²) in [6.07, 6.45) is 0.0293. The number of nitrogens with zero attached hydrogens (tertiary/aromatic N) is 4. The molecule has 3 aliphatic rings. The lowest BCUT2D eigenvalue weighted by Crippen LogP contribution is -2.75. The summed E-state index contributed by atoms with van der Waals surface area (Å²) in [7, 11) is 0. The Bertz CT molecular complexity index is 1410. The number of carbonyl (C=O) groups is 3. The van der Waals surface area contributed by atoms with Crippen LogP contribution >= 0.6 is 11.3 Å². The third kappa shape index (κ3) is 3.10. The van der Waals surface area contributed by atoms with E-state index in [4.69, 9.17) is 9.26 Å². The van der Waals surface area contributed by atoms with Crippen molar-refractivity contribution in [2.24, 2.45) is 5.41 Å². The van der Waals surface area contributed by atoms with Gasteiger partial charge in [0.15, 0.2) is 32.8 Å². The first-order valence-corrected chi connectivity index (χ1v) is 11.9. The van der Waals surface area contributed by atoms with Crippen LogP contribution in [0.3, 0.4) is 0 Å². The molecule has 1 unspecified atom stereocenters. The van der Waals surface area contributed by atoms with Crippen LogP contribution in [0.2, 0.25) is 0 Å². The zero-order valence-electron chi connectivity index (χ0n) is 18.9. The Morgan fingerprint density at radius 1 is 1.11 bits per heavy atom. The number of morpholine rings is 1. The number of hydrogen-bond donors (Lipinski definition) is 2. The number of benzene rings is 1. The van der Waals surface area contributed by atoms with Gasteiger partial charge >= 0.3 is 6.03 Å². The highest BCUT2D eigenvalue weighted by Crippen LogP contribution is 2.49. The van der Waals surface area contributed by atoms with Crippen LogP contribution in [0.4, 0.5) is 19.3 Å². The Balaban J connectivity index is 1.53. The maximum atomic E-state index is 15.8. The van der Waals surface area contributed by atoms with Crippen molar-refractivity contribution < 1.29 is 32.4 Å². The summed E-state index contributed by atoms with van der Waals surface area (Å²) in [6.45, 7) is 3.52. The van der Waals surface area contributed by atoms with Crippen molar-refractivity contribution in [3.05, 3.63) is 35.5 Å². The number of anilines is 1. The molecule has 4 amide bonds. The van der Waals surface area contributed by atoms with Crippen LogP contribution in [0, 0.1) is 17.0 Å². The van der Waals surface area contributed by atoms with E-state index in [2.05, 4.69) is 26.0 Å². The van der Waals surface area contributed by atoms with E-state index in [1.165, 1.54) is 17.2 Å². The highest BCUT2D eigenvalue weighted by molar-refractivity contribution is 7.17. The Hall–Kier alpha value is -3.78. The number of fused-ring (bicyclic) bond motifs is 4. The number of aromatic nitrogens is 3. The van der Waals surface area contributed by atoms with Crippen molar-refractivity contribution in [1.29, 1.82) is 0 Å². The second-order valence-corrected chi connectivity index (χ2v) is 9.96. The van der Waals surface area contributed by atoms with Crippen molar-refractivity contribution >= 4 is 34.9 Å². The number of carbonyl (C=O) groups excluding carboxylic acids is 3. The Morgan fingerprint density at radius 2 is 1.83 bits per heavy atom. The van der Waals surface area contributed by atoms with Gasteiger partial charge in [0, 0.05) is 19.0 Å². The number of ether oxygens (including phenoxy) is 1. The molecule has 2 saturated heterocycles. The van der Waals surface area contributed by atoms with Gasteiger partial charge in [-0.2, -0.15) is 0 Å². The minimum atomic E-state index is -1.81. The van der Waals surface area contributed by atoms with Gasteiger partial charge in [0.05, 0.1) is 35.7 Å². The second-order valence-electron chi connectivity index (χ2n) is 8.98. The Labute approximate surface area is 205 Å². The van der Waals surface area contributed by atoms with Gasteiger partial charge in [0.25, 0.3) is 0 Å². The molecule has 3 atom stereocenters. The minimum Gasteiger partial charge on any atom is -0.372 e. The molecule has 5 heterocycles. The number of imide groups is 2. The lowest BCUT2D eigenvalue weighted by Gasteiger charge is -2.55. The molecule has 0 bridgehead atoms. The molecule has 14 heteroatoms. The predicted molar refractivity (Wildman–Crippen MR) is 120 cm³/mol. The van der Waals surface area contributed by atoms with Gasteiger partial charge < -0.3 is 14.2 Å². The number of urea groups is 1. The molecular weight excluding hydrogens is 498 g/mol. The molecule has 1 spiro atoms. The van der Waals surface area contributed by atoms with Gasteiger partial charge in [0.1, 0.15) is 0 Å². The van der Waals surface area contributed by atoms with Gasteiger partial charge in [-0.05, 0) is 25.5 Å². The first-order valence-electron chi connectivity index (χ1n) is 11.1. The molecule has 2 N–H and O–H groups in total. The molecule has 0 aliphatic carbocycles. The molecule has 0 saturated carbocycles. The van der Waals surface area contributed by atoms with E-state index in [1.807, 2.05) is 0 Å². The standard InChI is InChI=1S/C22H18F2N6O5S/c1-8-7-30-15-10(6-22(16(30)9(2)34-8)19(31)26-21(33)27-20(22)32)5-11(13(23)14(15)24)17-28-29-18(36-17)12-3-4-25-35-12/h3-5,8-9,16H,6-7H2,1-2H3,(H2,26,27,31,32,33)/t8-,9+,16?/m0/s1. The fraction of sp³-hybridized carbons (Fsp3) is 0.364. The van der Waals surface area contributed by atoms with Gasteiger partial charge in [-0.3, -0.25) is 20.2 Å². The minimum absolute atomic E-state index is 0.0497. The summed E-state index contributed by atoms with van der Waals surface area (Å²) >= 11 is 0.970. The first kappa shape index (κ1) is 22.7. The van der Waals surface area contributed by atoms with Crippen molar-refractivity contribution in [2.45, 2.75) is 38.5 Å². The van der Waals surface area contributed by atoms with E-state index < -0.39 is 53.1 Å². The molecule has 186 valence electrons. The van der Waals surface area contributed by atoms with Crippen LogP contribution in [-0.2, 0) is 20.7 Å². The quantitative estimate of drug-likeness (QED) is 0.490. The van der Waals surface area contributed by atoms with Crippen LogP contribution in [0.5, 0.6) is 0 Å². The summed E-state index contributed by atoms with van der Waals surface area (Å²) in [6, 6.07) is 1.01. The Kier molecular flexibility index (Phi) is 4.95. The molecule has 0 radical (unpaired) electrons. The number of rotatable bonds is 2. The van der Waals surface area contributed by atoms with Crippen molar-refractivity contribution in [3.63, 3.8) is 0 Å². The van der Waals surface area contributed by atoms with Gasteiger partial charge in [0.2, 0.25) is 11.8 Å². The topological polar surface area (TPSA) is 140 Å². The highest BCUT2D eigenvalue weighted by Gasteiger charge is 2.63. The molecular formula is C22H18F2N6O5S. The monoisotopic (exact) mass is 516 g/mol. The zero-order chi connectivity index (χ0) is 25.4. The van der Waals surface area contributed by atoms with Crippen LogP contribution in [-0.4, -0.2) is 58.0 Å². The van der Waals surface area contributed by atoms with Gasteiger partial charge in [-0.1, -0.05) is 16.5 Å². The lowest BCUT2D eigenvalue weighted by molar-refractivity contribution is -0.153. The number of barbiturate groups is 1. The number of halogens is 2. The molecule has 11 nitrogen and oxygen atoms in total. The molecule has 3 aliphatic heterocycles. The second kappa shape index (κ2) is 7.86. The van der Waals surface area contributed by atoms with Crippen molar-refractivity contribution in [2.75, 3.05) is 11.4 Å². The summed E-state index contributed by atoms with van der Waals surface area (Å²) in [4.78, 5) is 39.8. The summed E-state index contributed by atoms with van der Waals surface area (Å²) in [5.41, 5.74) is -1.82. The van der Waals surface area contributed by atoms with Gasteiger partial charge in [-0.15, -0.1) is 10.2 Å². The maximum absolute atomic E-state index is 15.8. The molecule has 6 rings (SSSR count). The van der Waals surface area contributed by atoms with Gasteiger partial charge in [-0.25, -0.2) is 13.6 Å². The number of hydrogen-bond acceptors (Lipinski definition) is 10. The van der Waals surface area contributed by atoms with Crippen molar-refractivity contribution in [1.82, 2.24) is 26.0 Å². The first-order chi connectivity index (χ1) is 17.2. The van der Waals surface area contributed by atoms with E-state index in [1.54, 1.807) is 19.9 Å². The van der Waals surface area contributed by atoms with E-state index >= 15 is 8.78 Å². The third-order valence-corrected chi connectivity index (χ3v) is 7.74. The maximum Gasteiger partial charge on any atom is 0.328 e. The smallest absolute Gasteiger partial charge is 0.328 e. The molecule has 3 aromatic rings. The summed E-state index contributed by atoms with van der Waals surface area (Å²) < 4.78 is 42.2. The average molecular weight is 516 g/mol. The normalized spacial score (nSPS) is 24.8. The molecule has 2 aromatic heterocycles. The summed E-state index contributed by atoms with van der Waals surface area (Å²) in [5, 5.41) is 16.3. The fourth-order valence-electron chi connectivity index (χ4n) is 5.45. The van der Waals surface area contributed by atoms with E-state index in [0.29, 0.717) is 10.8 Å². The molecule has 2 fully saturated rings. The highest BCUT2D eigenvalue weighted by atomic mass is 32.1. The SMILES string of the molecule is C[C@H]1CN2c3c(cc(-c4nnc(-c5ccno5)s4)c(F)c3F)CC3(C(=O)NC(=O)NC3=O)C2[C@@H](C)O1.